The number of nitrogens with zero attached hydrogens (tertiary/aromatic N) is 7. The minimum Gasteiger partial charge on any atom is -0.352 e. The lowest BCUT2D eigenvalue weighted by atomic mass is 10.1. The molecule has 0 aromatic carbocycles. The number of aromatic nitrogens is 5. The van der Waals surface area contributed by atoms with Crippen LogP contribution in [0.5, 0.6) is 0 Å². The van der Waals surface area contributed by atoms with Crippen LogP contribution in [0.2, 0.25) is 0 Å². The van der Waals surface area contributed by atoms with Gasteiger partial charge in [0.1, 0.15) is 11.6 Å². The SMILES string of the molecule is CN=C(NCc1cnc(N(C)C)n1C)NC1CCc2nnc(C(C)C)n2C1.I. The van der Waals surface area contributed by atoms with Gasteiger partial charge in [0, 0.05) is 53.1 Å². The number of guanidine groups is 1. The van der Waals surface area contributed by atoms with Gasteiger partial charge in [-0.1, -0.05) is 13.8 Å². The van der Waals surface area contributed by atoms with Crippen LogP contribution in [0, 0.1) is 0 Å². The van der Waals surface area contributed by atoms with Crippen molar-refractivity contribution in [3.8, 4) is 0 Å². The molecule has 0 amide bonds. The molecular weight excluding hydrogens is 469 g/mol. The summed E-state index contributed by atoms with van der Waals surface area (Å²) in [6.45, 7) is 5.85. The summed E-state index contributed by atoms with van der Waals surface area (Å²) in [7, 11) is 7.82. The van der Waals surface area contributed by atoms with Crippen molar-refractivity contribution in [3.63, 3.8) is 0 Å². The number of hydrogen-bond donors (Lipinski definition) is 2. The standard InChI is InChI=1S/C18H31N9.HI/c1-12(2)16-24-23-15-8-7-13(11-27(15)16)22-17(19-3)20-9-14-10-21-18(25(4)5)26(14)6;/h10,12-13H,7-9,11H2,1-6H3,(H2,19,20,22);1H. The van der Waals surface area contributed by atoms with E-state index in [9.17, 15) is 0 Å². The van der Waals surface area contributed by atoms with E-state index in [2.05, 4.69) is 53.8 Å². The van der Waals surface area contributed by atoms with Gasteiger partial charge in [-0.2, -0.15) is 0 Å². The monoisotopic (exact) mass is 501 g/mol. The lowest BCUT2D eigenvalue weighted by Crippen LogP contribution is -2.47. The van der Waals surface area contributed by atoms with Crippen LogP contribution in [-0.4, -0.2) is 57.5 Å². The summed E-state index contributed by atoms with van der Waals surface area (Å²) < 4.78 is 4.34. The lowest BCUT2D eigenvalue weighted by molar-refractivity contribution is 0.407. The Balaban J connectivity index is 0.00000280. The van der Waals surface area contributed by atoms with E-state index >= 15 is 0 Å². The first-order valence-electron chi connectivity index (χ1n) is 9.47. The Kier molecular flexibility index (Phi) is 7.67. The number of aliphatic imine (C=N–C) groups is 1. The third kappa shape index (κ3) is 4.76. The van der Waals surface area contributed by atoms with Gasteiger partial charge in [-0.05, 0) is 6.42 Å². The molecule has 9 nitrogen and oxygen atoms in total. The first-order valence-corrected chi connectivity index (χ1v) is 9.47. The molecule has 0 saturated carbocycles. The Morgan fingerprint density at radius 1 is 1.36 bits per heavy atom. The topological polar surface area (TPSA) is 88.2 Å². The molecule has 156 valence electrons. The number of aryl methyl sites for hydroxylation is 1. The number of halogens is 1. The second kappa shape index (κ2) is 9.57. The van der Waals surface area contributed by atoms with Gasteiger partial charge < -0.3 is 24.7 Å². The summed E-state index contributed by atoms with van der Waals surface area (Å²) in [5.41, 5.74) is 1.11. The van der Waals surface area contributed by atoms with Gasteiger partial charge in [-0.3, -0.25) is 4.99 Å². The fourth-order valence-electron chi connectivity index (χ4n) is 3.47. The average Bonchev–Trinajstić information content (AvgIpc) is 3.21. The normalized spacial score (nSPS) is 16.5. The van der Waals surface area contributed by atoms with Gasteiger partial charge >= 0.3 is 0 Å². The molecule has 3 rings (SSSR count). The van der Waals surface area contributed by atoms with Crippen LogP contribution >= 0.6 is 24.0 Å². The second-order valence-corrected chi connectivity index (χ2v) is 7.55. The molecule has 2 aromatic rings. The molecule has 2 aromatic heterocycles. The number of fused-ring (bicyclic) bond motifs is 1. The Bertz CT molecular complexity index is 806. The number of imidazole rings is 1. The first-order chi connectivity index (χ1) is 12.9. The maximum absolute atomic E-state index is 4.45. The summed E-state index contributed by atoms with van der Waals surface area (Å²) >= 11 is 0. The maximum atomic E-state index is 4.45. The molecule has 1 aliphatic rings. The van der Waals surface area contributed by atoms with Gasteiger partial charge in [-0.15, -0.1) is 34.2 Å². The molecule has 28 heavy (non-hydrogen) atoms. The van der Waals surface area contributed by atoms with E-state index < -0.39 is 0 Å². The van der Waals surface area contributed by atoms with Gasteiger partial charge in [0.15, 0.2) is 5.96 Å². The fourth-order valence-corrected chi connectivity index (χ4v) is 3.47. The molecular formula is C18H32IN9. The fraction of sp³-hybridized carbons (Fsp3) is 0.667. The third-order valence-corrected chi connectivity index (χ3v) is 4.95. The predicted molar refractivity (Wildman–Crippen MR) is 123 cm³/mol. The molecule has 2 N–H and O–H groups in total. The molecule has 3 heterocycles. The van der Waals surface area contributed by atoms with Crippen molar-refractivity contribution in [2.75, 3.05) is 26.0 Å². The number of nitrogens with one attached hydrogen (secondary N) is 2. The van der Waals surface area contributed by atoms with Crippen LogP contribution < -0.4 is 15.5 Å². The Labute approximate surface area is 184 Å². The molecule has 0 radical (unpaired) electrons. The third-order valence-electron chi connectivity index (χ3n) is 4.95. The first kappa shape index (κ1) is 22.4. The van der Waals surface area contributed by atoms with E-state index in [4.69, 9.17) is 0 Å². The summed E-state index contributed by atoms with van der Waals surface area (Å²) in [6.07, 6.45) is 3.85. The predicted octanol–water partition coefficient (Wildman–Crippen LogP) is 1.50. The van der Waals surface area contributed by atoms with Gasteiger partial charge in [0.25, 0.3) is 0 Å². The summed E-state index contributed by atoms with van der Waals surface area (Å²) in [5.74, 6) is 4.26. The van der Waals surface area contributed by atoms with E-state index in [1.165, 1.54) is 0 Å². The molecule has 1 aliphatic heterocycles. The highest BCUT2D eigenvalue weighted by Crippen LogP contribution is 2.20. The summed E-state index contributed by atoms with van der Waals surface area (Å²) in [6, 6.07) is 0.307. The lowest BCUT2D eigenvalue weighted by Gasteiger charge is -2.27. The minimum atomic E-state index is 0. The zero-order chi connectivity index (χ0) is 19.6. The highest BCUT2D eigenvalue weighted by atomic mass is 127. The van der Waals surface area contributed by atoms with Crippen molar-refractivity contribution in [2.45, 2.75) is 51.7 Å². The number of hydrogen-bond acceptors (Lipinski definition) is 5. The van der Waals surface area contributed by atoms with Crippen LogP contribution in [-0.2, 0) is 26.6 Å². The van der Waals surface area contributed by atoms with Crippen molar-refractivity contribution < 1.29 is 0 Å². The quantitative estimate of drug-likeness (QED) is 0.367. The summed E-state index contributed by atoms with van der Waals surface area (Å²) in [5, 5.41) is 15.6. The molecule has 0 aliphatic carbocycles. The molecule has 1 atom stereocenters. The van der Waals surface area contributed by atoms with Crippen molar-refractivity contribution >= 4 is 35.9 Å². The van der Waals surface area contributed by atoms with Crippen LogP contribution in [0.4, 0.5) is 5.95 Å². The zero-order valence-corrected chi connectivity index (χ0v) is 19.9. The van der Waals surface area contributed by atoms with Gasteiger partial charge in [-0.25, -0.2) is 4.98 Å². The molecule has 1 unspecified atom stereocenters. The van der Waals surface area contributed by atoms with E-state index in [1.54, 1.807) is 7.05 Å². The van der Waals surface area contributed by atoms with E-state index in [-0.39, 0.29) is 24.0 Å². The van der Waals surface area contributed by atoms with Gasteiger partial charge in [0.2, 0.25) is 5.95 Å². The van der Waals surface area contributed by atoms with Crippen molar-refractivity contribution in [1.82, 2.24) is 34.9 Å². The van der Waals surface area contributed by atoms with Crippen LogP contribution in [0.3, 0.4) is 0 Å². The Morgan fingerprint density at radius 3 is 2.71 bits per heavy atom. The molecule has 0 saturated heterocycles. The second-order valence-electron chi connectivity index (χ2n) is 7.55. The number of rotatable bonds is 5. The highest BCUT2D eigenvalue weighted by molar-refractivity contribution is 14.0. The van der Waals surface area contributed by atoms with Crippen LogP contribution in [0.1, 0.15) is 43.5 Å². The summed E-state index contributed by atoms with van der Waals surface area (Å²) in [4.78, 5) is 10.8. The smallest absolute Gasteiger partial charge is 0.204 e. The molecule has 10 heteroatoms. The average molecular weight is 501 g/mol. The van der Waals surface area contributed by atoms with Crippen LogP contribution in [0.25, 0.3) is 0 Å². The maximum Gasteiger partial charge on any atom is 0.204 e. The van der Waals surface area contributed by atoms with E-state index in [0.717, 1.165) is 48.6 Å². The largest absolute Gasteiger partial charge is 0.352 e. The molecule has 0 bridgehead atoms. The van der Waals surface area contributed by atoms with Gasteiger partial charge in [0.05, 0.1) is 18.4 Å². The van der Waals surface area contributed by atoms with E-state index in [0.29, 0.717) is 18.5 Å². The minimum absolute atomic E-state index is 0. The Morgan fingerprint density at radius 2 is 2.11 bits per heavy atom. The molecule has 0 fully saturated rings. The highest BCUT2D eigenvalue weighted by Gasteiger charge is 2.24. The van der Waals surface area contributed by atoms with E-state index in [1.807, 2.05) is 32.2 Å². The van der Waals surface area contributed by atoms with Crippen LogP contribution in [0.15, 0.2) is 11.2 Å². The molecule has 0 spiro atoms. The van der Waals surface area contributed by atoms with Crippen molar-refractivity contribution in [1.29, 1.82) is 0 Å². The van der Waals surface area contributed by atoms with Crippen molar-refractivity contribution in [3.05, 3.63) is 23.5 Å². The Hall–Kier alpha value is -1.85. The van der Waals surface area contributed by atoms with Crippen molar-refractivity contribution in [2.24, 2.45) is 12.0 Å². The zero-order valence-electron chi connectivity index (χ0n) is 17.6. The number of anilines is 1.